The van der Waals surface area contributed by atoms with Gasteiger partial charge in [0.1, 0.15) is 0 Å². The summed E-state index contributed by atoms with van der Waals surface area (Å²) in [5.41, 5.74) is 10.2. The van der Waals surface area contributed by atoms with Gasteiger partial charge in [0.2, 0.25) is 11.8 Å². The van der Waals surface area contributed by atoms with Crippen molar-refractivity contribution in [2.45, 2.75) is 21.3 Å². The van der Waals surface area contributed by atoms with Gasteiger partial charge in [-0.25, -0.2) is 0 Å². The van der Waals surface area contributed by atoms with Gasteiger partial charge < -0.3 is 11.5 Å². The molecule has 0 unspecified atom stereocenters. The topological polar surface area (TPSA) is 86.2 Å². The molecule has 0 aromatic heterocycles. The van der Waals surface area contributed by atoms with Crippen LogP contribution in [0.25, 0.3) is 0 Å². The highest BCUT2D eigenvalue weighted by Crippen LogP contribution is 1.78. The van der Waals surface area contributed by atoms with E-state index in [9.17, 15) is 9.59 Å². The van der Waals surface area contributed by atoms with Crippen LogP contribution in [0, 0.1) is 0 Å². The van der Waals surface area contributed by atoms with Gasteiger partial charge in [-0.15, -0.1) is 0 Å². The first-order valence-electron chi connectivity index (χ1n) is 3.19. The molecule has 13 heavy (non-hydrogen) atoms. The van der Waals surface area contributed by atoms with Crippen molar-refractivity contribution in [2.75, 3.05) is 0 Å². The van der Waals surface area contributed by atoms with Gasteiger partial charge >= 0.3 is 0 Å². The number of hydrogen-bond acceptors (Lipinski definition) is 2. The second-order valence-electron chi connectivity index (χ2n) is 2.29. The van der Waals surface area contributed by atoms with Crippen molar-refractivity contribution in [2.24, 2.45) is 11.5 Å². The van der Waals surface area contributed by atoms with E-state index in [1.54, 1.807) is 13.8 Å². The fourth-order valence-corrected chi connectivity index (χ4v) is 0. The minimum absolute atomic E-state index is 0. The van der Waals surface area contributed by atoms with Gasteiger partial charge in [0, 0.05) is 11.1 Å². The van der Waals surface area contributed by atoms with E-state index in [0.29, 0.717) is 11.1 Å². The SMILES string of the molecule is C.C=C(C)C(N)=O.C=C(C)C(N)=O. The number of hydrogen-bond donors (Lipinski definition) is 2. The lowest BCUT2D eigenvalue weighted by Gasteiger charge is -1.81. The molecular weight excluding hydrogens is 168 g/mol. The van der Waals surface area contributed by atoms with E-state index >= 15 is 0 Å². The van der Waals surface area contributed by atoms with Crippen LogP contribution in [0.1, 0.15) is 21.3 Å². The summed E-state index contributed by atoms with van der Waals surface area (Å²) < 4.78 is 0. The van der Waals surface area contributed by atoms with E-state index in [0.717, 1.165) is 0 Å². The lowest BCUT2D eigenvalue weighted by atomic mass is 10.3. The van der Waals surface area contributed by atoms with Gasteiger partial charge in [-0.1, -0.05) is 20.6 Å². The van der Waals surface area contributed by atoms with Crippen molar-refractivity contribution < 1.29 is 9.59 Å². The van der Waals surface area contributed by atoms with Gasteiger partial charge in [0.25, 0.3) is 0 Å². The molecule has 2 amide bonds. The fourth-order valence-electron chi connectivity index (χ4n) is 0. The van der Waals surface area contributed by atoms with E-state index in [2.05, 4.69) is 13.2 Å². The largest absolute Gasteiger partial charge is 0.366 e. The van der Waals surface area contributed by atoms with Crippen molar-refractivity contribution >= 4 is 11.8 Å². The van der Waals surface area contributed by atoms with Gasteiger partial charge in [-0.2, -0.15) is 0 Å². The molecular formula is C9H18N2O2. The molecule has 0 aliphatic rings. The van der Waals surface area contributed by atoms with E-state index in [-0.39, 0.29) is 7.43 Å². The Kier molecular flexibility index (Phi) is 11.5. The summed E-state index contributed by atoms with van der Waals surface area (Å²) in [4.78, 5) is 19.6. The van der Waals surface area contributed by atoms with E-state index in [4.69, 9.17) is 11.5 Å². The summed E-state index contributed by atoms with van der Waals surface area (Å²) >= 11 is 0. The minimum Gasteiger partial charge on any atom is -0.366 e. The molecule has 4 heteroatoms. The zero-order valence-corrected chi connectivity index (χ0v) is 7.39. The second-order valence-corrected chi connectivity index (χ2v) is 2.29. The highest BCUT2D eigenvalue weighted by molar-refractivity contribution is 5.90. The summed E-state index contributed by atoms with van der Waals surface area (Å²) in [7, 11) is 0. The third kappa shape index (κ3) is 17.9. The summed E-state index contributed by atoms with van der Waals surface area (Å²) in [6.07, 6.45) is 0. The monoisotopic (exact) mass is 186 g/mol. The molecule has 0 aromatic rings. The number of amides is 2. The van der Waals surface area contributed by atoms with Crippen LogP contribution in [0.15, 0.2) is 24.3 Å². The minimum atomic E-state index is -0.435. The standard InChI is InChI=1S/2C4H7NO.CH4/c2*1-3(2)4(5)6;/h2*1H2,2H3,(H2,5,6);1H4. The van der Waals surface area contributed by atoms with Crippen LogP contribution in [0.4, 0.5) is 0 Å². The Balaban J connectivity index is -0.000000143. The van der Waals surface area contributed by atoms with Crippen molar-refractivity contribution in [1.82, 2.24) is 0 Å². The zero-order valence-electron chi connectivity index (χ0n) is 7.39. The Morgan fingerprint density at radius 3 is 1.00 bits per heavy atom. The molecule has 0 bridgehead atoms. The average Bonchev–Trinajstić information content (AvgIpc) is 1.88. The Morgan fingerprint density at radius 2 is 1.00 bits per heavy atom. The predicted octanol–water partition coefficient (Wildman–Crippen LogP) is 0.732. The van der Waals surface area contributed by atoms with Crippen LogP contribution in [0.5, 0.6) is 0 Å². The highest BCUT2D eigenvalue weighted by Gasteiger charge is 1.87. The third-order valence-electron chi connectivity index (χ3n) is 0.841. The van der Waals surface area contributed by atoms with Crippen molar-refractivity contribution in [3.05, 3.63) is 24.3 Å². The number of primary amides is 2. The first-order chi connectivity index (χ1) is 5.29. The van der Waals surface area contributed by atoms with Crippen LogP contribution in [-0.4, -0.2) is 11.8 Å². The van der Waals surface area contributed by atoms with E-state index < -0.39 is 11.8 Å². The van der Waals surface area contributed by atoms with Crippen molar-refractivity contribution in [3.63, 3.8) is 0 Å². The smallest absolute Gasteiger partial charge is 0.243 e. The molecule has 4 nitrogen and oxygen atoms in total. The molecule has 0 radical (unpaired) electrons. The van der Waals surface area contributed by atoms with Crippen LogP contribution >= 0.6 is 0 Å². The summed E-state index contributed by atoms with van der Waals surface area (Å²) in [5, 5.41) is 0. The van der Waals surface area contributed by atoms with E-state index in [1.807, 2.05) is 0 Å². The Bertz CT molecular complexity index is 172. The maximum atomic E-state index is 9.82. The average molecular weight is 186 g/mol. The maximum absolute atomic E-state index is 9.82. The highest BCUT2D eigenvalue weighted by atomic mass is 16.1. The Labute approximate surface area is 79.3 Å². The summed E-state index contributed by atoms with van der Waals surface area (Å²) in [5.74, 6) is -0.870. The molecule has 0 heterocycles. The summed E-state index contributed by atoms with van der Waals surface area (Å²) in [6, 6.07) is 0. The van der Waals surface area contributed by atoms with Crippen molar-refractivity contribution in [3.8, 4) is 0 Å². The molecule has 0 fully saturated rings. The molecule has 0 saturated carbocycles. The van der Waals surface area contributed by atoms with Gasteiger partial charge in [0.05, 0.1) is 0 Å². The molecule has 76 valence electrons. The molecule has 4 N–H and O–H groups in total. The molecule has 0 aliphatic carbocycles. The molecule has 0 saturated heterocycles. The van der Waals surface area contributed by atoms with Crippen LogP contribution in [0.2, 0.25) is 0 Å². The molecule has 0 rings (SSSR count). The van der Waals surface area contributed by atoms with Crippen LogP contribution in [-0.2, 0) is 9.59 Å². The van der Waals surface area contributed by atoms with Crippen LogP contribution in [0.3, 0.4) is 0 Å². The van der Waals surface area contributed by atoms with Gasteiger partial charge in [-0.05, 0) is 13.8 Å². The van der Waals surface area contributed by atoms with Gasteiger partial charge in [0.15, 0.2) is 0 Å². The zero-order chi connectivity index (χ0) is 10.3. The maximum Gasteiger partial charge on any atom is 0.243 e. The number of rotatable bonds is 2. The normalized spacial score (nSPS) is 6.92. The van der Waals surface area contributed by atoms with Crippen molar-refractivity contribution in [1.29, 1.82) is 0 Å². The Morgan fingerprint density at radius 1 is 0.923 bits per heavy atom. The molecule has 0 spiro atoms. The first-order valence-corrected chi connectivity index (χ1v) is 3.19. The first kappa shape index (κ1) is 17.5. The Hall–Kier alpha value is -1.58. The summed E-state index contributed by atoms with van der Waals surface area (Å²) in [6.45, 7) is 9.70. The lowest BCUT2D eigenvalue weighted by molar-refractivity contribution is -0.115. The lowest BCUT2D eigenvalue weighted by Crippen LogP contribution is -2.10. The predicted molar refractivity (Wildman–Crippen MR) is 54.7 cm³/mol. The van der Waals surface area contributed by atoms with Gasteiger partial charge in [-0.3, -0.25) is 9.59 Å². The third-order valence-corrected chi connectivity index (χ3v) is 0.841. The fraction of sp³-hybridized carbons (Fsp3) is 0.333. The molecule has 0 aromatic carbocycles. The van der Waals surface area contributed by atoms with Crippen LogP contribution < -0.4 is 11.5 Å². The number of carbonyl (C=O) groups excluding carboxylic acids is 2. The number of nitrogens with two attached hydrogens (primary N) is 2. The molecule has 0 atom stereocenters. The molecule has 0 aliphatic heterocycles. The second kappa shape index (κ2) is 8.52. The number of carbonyl (C=O) groups is 2. The quantitative estimate of drug-likeness (QED) is 0.623. The van der Waals surface area contributed by atoms with E-state index in [1.165, 1.54) is 0 Å².